The number of thioether (sulfide) groups is 1. The lowest BCUT2D eigenvalue weighted by Crippen LogP contribution is -2.26. The minimum Gasteiger partial charge on any atom is -0.493 e. The Bertz CT molecular complexity index is 621. The number of carboxylic acids is 2. The fraction of sp³-hybridized carbons (Fsp3) is 0.652. The van der Waals surface area contributed by atoms with E-state index in [1.54, 1.807) is 24.3 Å². The number of carboxylic acid groups (broad SMARTS) is 2. The highest BCUT2D eigenvalue weighted by Gasteiger charge is 2.30. The van der Waals surface area contributed by atoms with E-state index in [1.165, 1.54) is 44.9 Å². The highest BCUT2D eigenvalue weighted by molar-refractivity contribution is 7.99. The number of carbonyl (C=O) groups is 2. The monoisotopic (exact) mass is 440 g/mol. The average Bonchev–Trinajstić information content (AvgIpc) is 2.72. The van der Waals surface area contributed by atoms with Crippen molar-refractivity contribution in [2.45, 2.75) is 82.5 Å². The minimum atomic E-state index is -1.64. The molecule has 0 fully saturated rings. The molecule has 7 heteroatoms. The molecule has 30 heavy (non-hydrogen) atoms. The van der Waals surface area contributed by atoms with Gasteiger partial charge in [-0.1, -0.05) is 76.5 Å². The zero-order valence-electron chi connectivity index (χ0n) is 17.9. The number of para-hydroxylation sites is 1. The van der Waals surface area contributed by atoms with Gasteiger partial charge < -0.3 is 20.1 Å². The Hall–Kier alpha value is -1.73. The van der Waals surface area contributed by atoms with E-state index in [0.29, 0.717) is 17.9 Å². The lowest BCUT2D eigenvalue weighted by Gasteiger charge is -2.22. The highest BCUT2D eigenvalue weighted by Crippen LogP contribution is 2.38. The van der Waals surface area contributed by atoms with Gasteiger partial charge in [0, 0.05) is 11.3 Å². The molecule has 0 aliphatic rings. The second-order valence-electron chi connectivity index (χ2n) is 7.43. The Morgan fingerprint density at radius 1 is 0.967 bits per heavy atom. The number of aliphatic hydroxyl groups excluding tert-OH is 1. The van der Waals surface area contributed by atoms with E-state index < -0.39 is 23.3 Å². The maximum absolute atomic E-state index is 11.3. The molecule has 3 N–H and O–H groups in total. The third kappa shape index (κ3) is 10.9. The summed E-state index contributed by atoms with van der Waals surface area (Å²) in [5, 5.41) is 27.5. The van der Waals surface area contributed by atoms with Crippen molar-refractivity contribution in [3.63, 3.8) is 0 Å². The van der Waals surface area contributed by atoms with Crippen LogP contribution in [-0.4, -0.2) is 45.7 Å². The van der Waals surface area contributed by atoms with Gasteiger partial charge in [-0.2, -0.15) is 0 Å². The van der Waals surface area contributed by atoms with Gasteiger partial charge in [0.1, 0.15) is 5.75 Å². The quantitative estimate of drug-likeness (QED) is 0.266. The van der Waals surface area contributed by atoms with Gasteiger partial charge >= 0.3 is 11.9 Å². The van der Waals surface area contributed by atoms with Gasteiger partial charge in [0.25, 0.3) is 0 Å². The van der Waals surface area contributed by atoms with Crippen molar-refractivity contribution in [2.24, 2.45) is 0 Å². The van der Waals surface area contributed by atoms with E-state index in [4.69, 9.17) is 9.84 Å². The first-order valence-corrected chi connectivity index (χ1v) is 12.0. The van der Waals surface area contributed by atoms with E-state index in [2.05, 4.69) is 6.92 Å². The molecule has 0 bridgehead atoms. The van der Waals surface area contributed by atoms with Crippen LogP contribution in [0.5, 0.6) is 5.75 Å². The van der Waals surface area contributed by atoms with E-state index in [9.17, 15) is 19.8 Å². The molecule has 2 unspecified atom stereocenters. The number of ether oxygens (including phenoxy) is 1. The van der Waals surface area contributed by atoms with Gasteiger partial charge in [0.05, 0.1) is 18.3 Å². The molecular weight excluding hydrogens is 404 g/mol. The second kappa shape index (κ2) is 16.0. The van der Waals surface area contributed by atoms with E-state index >= 15 is 0 Å². The van der Waals surface area contributed by atoms with Crippen LogP contribution >= 0.6 is 11.8 Å². The summed E-state index contributed by atoms with van der Waals surface area (Å²) >= 11 is 1.12. The number of rotatable bonds is 18. The Kier molecular flexibility index (Phi) is 14.1. The van der Waals surface area contributed by atoms with Gasteiger partial charge in [-0.25, -0.2) is 4.79 Å². The summed E-state index contributed by atoms with van der Waals surface area (Å²) in [5.41, 5.74) is 0.582. The zero-order valence-corrected chi connectivity index (χ0v) is 18.7. The van der Waals surface area contributed by atoms with Crippen molar-refractivity contribution in [1.82, 2.24) is 0 Å². The van der Waals surface area contributed by atoms with Crippen molar-refractivity contribution < 1.29 is 29.6 Å². The molecule has 0 radical (unpaired) electrons. The number of benzene rings is 1. The minimum absolute atomic E-state index is 0.102. The van der Waals surface area contributed by atoms with Crippen LogP contribution in [0.4, 0.5) is 0 Å². The van der Waals surface area contributed by atoms with Crippen LogP contribution in [0.15, 0.2) is 24.3 Å². The van der Waals surface area contributed by atoms with E-state index in [-0.39, 0.29) is 12.2 Å². The fourth-order valence-electron chi connectivity index (χ4n) is 3.20. The molecule has 2 atom stereocenters. The van der Waals surface area contributed by atoms with Crippen LogP contribution in [0, 0.1) is 0 Å². The fourth-order valence-corrected chi connectivity index (χ4v) is 4.41. The maximum Gasteiger partial charge on any atom is 0.334 e. The average molecular weight is 441 g/mol. The largest absolute Gasteiger partial charge is 0.493 e. The number of hydrogen-bond acceptors (Lipinski definition) is 5. The molecule has 0 heterocycles. The number of hydrogen-bond donors (Lipinski definition) is 3. The predicted octanol–water partition coefficient (Wildman–Crippen LogP) is 5.29. The van der Waals surface area contributed by atoms with Crippen LogP contribution in [0.25, 0.3) is 0 Å². The summed E-state index contributed by atoms with van der Waals surface area (Å²) in [6, 6.07) is 7.07. The number of aliphatic carboxylic acids is 2. The molecule has 0 aliphatic heterocycles. The third-order valence-corrected chi connectivity index (χ3v) is 6.19. The van der Waals surface area contributed by atoms with E-state index in [1.807, 2.05) is 0 Å². The van der Waals surface area contributed by atoms with Gasteiger partial charge in [-0.3, -0.25) is 4.79 Å². The lowest BCUT2D eigenvalue weighted by molar-refractivity contribution is -0.146. The topological polar surface area (TPSA) is 104 Å². The van der Waals surface area contributed by atoms with Crippen LogP contribution in [0.1, 0.15) is 81.9 Å². The lowest BCUT2D eigenvalue weighted by atomic mass is 10.1. The molecule has 1 rings (SSSR count). The van der Waals surface area contributed by atoms with Gasteiger partial charge in [0.15, 0.2) is 6.10 Å². The summed E-state index contributed by atoms with van der Waals surface area (Å²) in [6.07, 6.45) is 9.19. The smallest absolute Gasteiger partial charge is 0.334 e. The Labute approximate surface area is 184 Å². The molecule has 1 aromatic carbocycles. The van der Waals surface area contributed by atoms with Crippen LogP contribution < -0.4 is 4.74 Å². The molecule has 1 aromatic rings. The summed E-state index contributed by atoms with van der Waals surface area (Å²) in [5.74, 6) is -1.54. The van der Waals surface area contributed by atoms with Crippen LogP contribution in [0.3, 0.4) is 0 Å². The molecule has 0 saturated carbocycles. The summed E-state index contributed by atoms with van der Waals surface area (Å²) < 4.78 is 5.90. The van der Waals surface area contributed by atoms with Crippen molar-refractivity contribution in [3.05, 3.63) is 29.8 Å². The Morgan fingerprint density at radius 2 is 1.57 bits per heavy atom. The molecule has 0 saturated heterocycles. The van der Waals surface area contributed by atoms with Crippen molar-refractivity contribution in [3.8, 4) is 5.75 Å². The second-order valence-corrected chi connectivity index (χ2v) is 8.68. The highest BCUT2D eigenvalue weighted by atomic mass is 32.2. The van der Waals surface area contributed by atoms with Gasteiger partial charge in [-0.05, 0) is 12.5 Å². The van der Waals surface area contributed by atoms with Gasteiger partial charge in [-0.15, -0.1) is 11.8 Å². The summed E-state index contributed by atoms with van der Waals surface area (Å²) in [6.45, 7) is 2.75. The number of aliphatic hydroxyl groups is 1. The molecule has 0 amide bonds. The molecule has 0 aliphatic carbocycles. The molecule has 6 nitrogen and oxygen atoms in total. The normalized spacial score (nSPS) is 13.0. The first-order valence-electron chi connectivity index (χ1n) is 10.9. The standard InChI is InChI=1S/C23H36O6S/c1-2-3-4-5-6-7-8-9-12-16-29-19-14-11-10-13-18(19)22(21(26)23(27)28)30-17-15-20(24)25/h10-11,13-14,21-22,26H,2-9,12,15-17H2,1H3,(H,24,25)(H,27,28). The van der Waals surface area contributed by atoms with Crippen LogP contribution in [-0.2, 0) is 9.59 Å². The summed E-state index contributed by atoms with van der Waals surface area (Å²) in [7, 11) is 0. The summed E-state index contributed by atoms with van der Waals surface area (Å²) in [4.78, 5) is 22.1. The van der Waals surface area contributed by atoms with Crippen molar-refractivity contribution in [2.75, 3.05) is 12.4 Å². The number of unbranched alkanes of at least 4 members (excludes halogenated alkanes) is 8. The Balaban J connectivity index is 2.53. The molecule has 0 spiro atoms. The Morgan fingerprint density at radius 3 is 2.17 bits per heavy atom. The molecule has 170 valence electrons. The van der Waals surface area contributed by atoms with E-state index in [0.717, 1.165) is 24.6 Å². The first-order chi connectivity index (χ1) is 14.5. The third-order valence-electron chi connectivity index (χ3n) is 4.88. The zero-order chi connectivity index (χ0) is 22.2. The molecular formula is C23H36O6S. The van der Waals surface area contributed by atoms with Crippen LogP contribution in [0.2, 0.25) is 0 Å². The maximum atomic E-state index is 11.3. The first kappa shape index (κ1) is 26.3. The predicted molar refractivity (Wildman–Crippen MR) is 120 cm³/mol. The van der Waals surface area contributed by atoms with Crippen molar-refractivity contribution >= 4 is 23.7 Å². The van der Waals surface area contributed by atoms with Crippen molar-refractivity contribution in [1.29, 1.82) is 0 Å². The SMILES string of the molecule is CCCCCCCCCCCOc1ccccc1C(SCCC(=O)O)C(O)C(=O)O. The van der Waals surface area contributed by atoms with Gasteiger partial charge in [0.2, 0.25) is 0 Å². The molecule has 0 aromatic heterocycles.